The Balaban J connectivity index is 1.74. The van der Waals surface area contributed by atoms with E-state index < -0.39 is 24.4 Å². The third-order valence-electron chi connectivity index (χ3n) is 2.51. The summed E-state index contributed by atoms with van der Waals surface area (Å²) in [5.74, 6) is -2.08. The molecule has 0 bridgehead atoms. The van der Waals surface area contributed by atoms with Crippen LogP contribution < -0.4 is 10.9 Å². The number of rotatable bonds is 4. The molecule has 0 atom stereocenters. The van der Waals surface area contributed by atoms with E-state index in [2.05, 4.69) is 20.5 Å². The molecule has 0 aliphatic rings. The number of hydrogen-bond donors (Lipinski definition) is 2. The van der Waals surface area contributed by atoms with Gasteiger partial charge in [0.15, 0.2) is 6.61 Å². The second kappa shape index (κ2) is 7.02. The highest BCUT2D eigenvalue weighted by molar-refractivity contribution is 5.95. The number of hydrazine groups is 1. The molecule has 2 amide bonds. The maximum Gasteiger partial charge on any atom is 0.377 e. The summed E-state index contributed by atoms with van der Waals surface area (Å²) in [6, 6.07) is 9.72. The lowest BCUT2D eigenvalue weighted by molar-refractivity contribution is -0.125. The van der Waals surface area contributed by atoms with Crippen molar-refractivity contribution in [2.24, 2.45) is 0 Å². The van der Waals surface area contributed by atoms with Crippen molar-refractivity contribution in [2.45, 2.75) is 6.92 Å². The summed E-state index contributed by atoms with van der Waals surface area (Å²) in [7, 11) is 0. The number of hydrogen-bond acceptors (Lipinski definition) is 6. The average molecular weight is 303 g/mol. The molecule has 0 saturated heterocycles. The van der Waals surface area contributed by atoms with Crippen LogP contribution in [0.4, 0.5) is 0 Å². The van der Waals surface area contributed by atoms with Crippen molar-refractivity contribution in [2.75, 3.05) is 6.61 Å². The summed E-state index contributed by atoms with van der Waals surface area (Å²) in [4.78, 5) is 34.6. The molecule has 0 fully saturated rings. The Kier molecular flexibility index (Phi) is 4.86. The van der Waals surface area contributed by atoms with E-state index in [0.29, 0.717) is 11.3 Å². The zero-order chi connectivity index (χ0) is 15.9. The molecule has 0 spiro atoms. The van der Waals surface area contributed by atoms with Gasteiger partial charge in [0.1, 0.15) is 0 Å². The molecule has 1 aromatic carbocycles. The van der Waals surface area contributed by atoms with E-state index in [1.54, 1.807) is 37.3 Å². The van der Waals surface area contributed by atoms with Gasteiger partial charge in [0.05, 0.1) is 5.69 Å². The molecule has 114 valence electrons. The molecule has 0 aliphatic heterocycles. The highest BCUT2D eigenvalue weighted by Crippen LogP contribution is 2.03. The summed E-state index contributed by atoms with van der Waals surface area (Å²) in [6.07, 6.45) is 0. The number of carbonyl (C=O) groups excluding carboxylic acids is 3. The molecule has 0 saturated carbocycles. The molecule has 0 aliphatic carbocycles. The van der Waals surface area contributed by atoms with Gasteiger partial charge in [-0.25, -0.2) is 4.79 Å². The topological polar surface area (TPSA) is 111 Å². The summed E-state index contributed by atoms with van der Waals surface area (Å²) >= 11 is 0. The summed E-state index contributed by atoms with van der Waals surface area (Å²) < 4.78 is 9.39. The lowest BCUT2D eigenvalue weighted by Crippen LogP contribution is -2.43. The Morgan fingerprint density at radius 1 is 1.18 bits per heavy atom. The predicted molar refractivity (Wildman–Crippen MR) is 73.6 cm³/mol. The molecular weight excluding hydrogens is 290 g/mol. The van der Waals surface area contributed by atoms with Crippen LogP contribution in [0.15, 0.2) is 40.9 Å². The Morgan fingerprint density at radius 2 is 1.91 bits per heavy atom. The number of amides is 2. The molecule has 2 N–H and O–H groups in total. The van der Waals surface area contributed by atoms with E-state index in [-0.39, 0.29) is 5.76 Å². The molecule has 22 heavy (non-hydrogen) atoms. The minimum Gasteiger partial charge on any atom is -0.450 e. The van der Waals surface area contributed by atoms with Crippen LogP contribution in [-0.4, -0.2) is 29.5 Å². The highest BCUT2D eigenvalue weighted by atomic mass is 16.6. The van der Waals surface area contributed by atoms with Crippen LogP contribution in [0.1, 0.15) is 26.6 Å². The molecule has 1 heterocycles. The van der Waals surface area contributed by atoms with Crippen molar-refractivity contribution < 1.29 is 23.6 Å². The third kappa shape index (κ3) is 4.17. The predicted octanol–water partition coefficient (Wildman–Crippen LogP) is 0.601. The monoisotopic (exact) mass is 303 g/mol. The lowest BCUT2D eigenvalue weighted by Gasteiger charge is -2.07. The molecule has 0 unspecified atom stereocenters. The fraction of sp³-hybridized carbons (Fsp3) is 0.143. The van der Waals surface area contributed by atoms with E-state index in [4.69, 9.17) is 4.74 Å². The quantitative estimate of drug-likeness (QED) is 0.632. The van der Waals surface area contributed by atoms with Crippen LogP contribution in [0.2, 0.25) is 0 Å². The van der Waals surface area contributed by atoms with Crippen molar-refractivity contribution in [1.82, 2.24) is 16.0 Å². The van der Waals surface area contributed by atoms with Crippen molar-refractivity contribution in [1.29, 1.82) is 0 Å². The number of benzene rings is 1. The van der Waals surface area contributed by atoms with Crippen molar-refractivity contribution in [3.63, 3.8) is 0 Å². The van der Waals surface area contributed by atoms with Crippen LogP contribution in [-0.2, 0) is 9.53 Å². The molecule has 8 nitrogen and oxygen atoms in total. The van der Waals surface area contributed by atoms with Gasteiger partial charge in [-0.05, 0) is 19.1 Å². The molecule has 0 radical (unpaired) electrons. The first-order valence-corrected chi connectivity index (χ1v) is 6.31. The SMILES string of the molecule is Cc1cc(C(=O)OCC(=O)NNC(=O)c2ccccc2)on1. The maximum atomic E-state index is 11.7. The number of aryl methyl sites for hydroxylation is 1. The van der Waals surface area contributed by atoms with Gasteiger partial charge in [-0.1, -0.05) is 23.4 Å². The number of ether oxygens (including phenoxy) is 1. The first-order chi connectivity index (χ1) is 10.6. The van der Waals surface area contributed by atoms with E-state index in [1.165, 1.54) is 6.07 Å². The first kappa shape index (κ1) is 15.2. The zero-order valence-corrected chi connectivity index (χ0v) is 11.7. The fourth-order valence-electron chi connectivity index (χ4n) is 1.49. The fourth-order valence-corrected chi connectivity index (χ4v) is 1.49. The smallest absolute Gasteiger partial charge is 0.377 e. The Morgan fingerprint density at radius 3 is 2.55 bits per heavy atom. The summed E-state index contributed by atoms with van der Waals surface area (Å²) in [6.45, 7) is 1.08. The second-order valence-corrected chi connectivity index (χ2v) is 4.28. The lowest BCUT2D eigenvalue weighted by atomic mass is 10.2. The van der Waals surface area contributed by atoms with Gasteiger partial charge in [0.25, 0.3) is 11.8 Å². The van der Waals surface area contributed by atoms with Crippen LogP contribution in [0.3, 0.4) is 0 Å². The highest BCUT2D eigenvalue weighted by Gasteiger charge is 2.15. The number of nitrogens with one attached hydrogen (secondary N) is 2. The molecular formula is C14H13N3O5. The first-order valence-electron chi connectivity index (χ1n) is 6.31. The minimum atomic E-state index is -0.815. The number of esters is 1. The van der Waals surface area contributed by atoms with Gasteiger partial charge >= 0.3 is 5.97 Å². The minimum absolute atomic E-state index is 0.0985. The zero-order valence-electron chi connectivity index (χ0n) is 11.7. The van der Waals surface area contributed by atoms with Crippen LogP contribution in [0.5, 0.6) is 0 Å². The van der Waals surface area contributed by atoms with Crippen molar-refractivity contribution in [3.05, 3.63) is 53.4 Å². The van der Waals surface area contributed by atoms with Crippen molar-refractivity contribution >= 4 is 17.8 Å². The summed E-state index contributed by atoms with van der Waals surface area (Å²) in [5.41, 5.74) is 5.24. The number of carbonyl (C=O) groups is 3. The van der Waals surface area contributed by atoms with E-state index in [9.17, 15) is 14.4 Å². The molecule has 8 heteroatoms. The van der Waals surface area contributed by atoms with E-state index >= 15 is 0 Å². The van der Waals surface area contributed by atoms with Gasteiger partial charge in [-0.15, -0.1) is 0 Å². The van der Waals surface area contributed by atoms with Gasteiger partial charge in [-0.2, -0.15) is 0 Å². The number of nitrogens with zero attached hydrogens (tertiary/aromatic N) is 1. The molecule has 2 rings (SSSR count). The molecule has 2 aromatic rings. The van der Waals surface area contributed by atoms with Crippen molar-refractivity contribution in [3.8, 4) is 0 Å². The van der Waals surface area contributed by atoms with Gasteiger partial charge in [0, 0.05) is 11.6 Å². The van der Waals surface area contributed by atoms with Crippen LogP contribution >= 0.6 is 0 Å². The number of aromatic nitrogens is 1. The van der Waals surface area contributed by atoms with Gasteiger partial charge in [-0.3, -0.25) is 20.4 Å². The summed E-state index contributed by atoms with van der Waals surface area (Å²) in [5, 5.41) is 3.52. The Bertz CT molecular complexity index is 681. The van der Waals surface area contributed by atoms with Crippen LogP contribution in [0.25, 0.3) is 0 Å². The molecule has 1 aromatic heterocycles. The van der Waals surface area contributed by atoms with Gasteiger partial charge in [0.2, 0.25) is 5.76 Å². The normalized spacial score (nSPS) is 9.86. The second-order valence-electron chi connectivity index (χ2n) is 4.28. The van der Waals surface area contributed by atoms with Gasteiger partial charge < -0.3 is 9.26 Å². The standard InChI is InChI=1S/C14H13N3O5/c1-9-7-11(22-17-9)14(20)21-8-12(18)15-16-13(19)10-5-3-2-4-6-10/h2-7H,8H2,1H3,(H,15,18)(H,16,19). The largest absolute Gasteiger partial charge is 0.450 e. The Hall–Kier alpha value is -3.16. The van der Waals surface area contributed by atoms with Crippen LogP contribution in [0, 0.1) is 6.92 Å². The van der Waals surface area contributed by atoms with E-state index in [0.717, 1.165) is 0 Å². The Labute approximate surface area is 125 Å². The van der Waals surface area contributed by atoms with E-state index in [1.807, 2.05) is 0 Å². The maximum absolute atomic E-state index is 11.7. The third-order valence-corrected chi connectivity index (χ3v) is 2.51. The average Bonchev–Trinajstić information content (AvgIpc) is 2.97.